The molecule has 0 bridgehead atoms. The summed E-state index contributed by atoms with van der Waals surface area (Å²) < 4.78 is 0. The molecule has 3 heteroatoms. The van der Waals surface area contributed by atoms with Crippen LogP contribution in [0.3, 0.4) is 0 Å². The van der Waals surface area contributed by atoms with Crippen LogP contribution in [0.5, 0.6) is 0 Å². The molecule has 0 spiro atoms. The molecular weight excluding hydrogens is 258 g/mol. The monoisotopic (exact) mass is 279 g/mol. The van der Waals surface area contributed by atoms with E-state index in [1.165, 1.54) is 25.7 Å². The lowest BCUT2D eigenvalue weighted by Gasteiger charge is -2.42. The smallest absolute Gasteiger partial charge is 0.152 e. The van der Waals surface area contributed by atoms with Crippen LogP contribution in [0.15, 0.2) is 18.2 Å². The minimum Gasteiger partial charge on any atom is -0.370 e. The first-order valence-electron chi connectivity index (χ1n) is 7.14. The van der Waals surface area contributed by atoms with Gasteiger partial charge in [0.25, 0.3) is 0 Å². The van der Waals surface area contributed by atoms with E-state index < -0.39 is 0 Å². The van der Waals surface area contributed by atoms with Crippen LogP contribution < -0.4 is 4.90 Å². The van der Waals surface area contributed by atoms with Gasteiger partial charge < -0.3 is 4.90 Å². The maximum absolute atomic E-state index is 11.2. The Morgan fingerprint density at radius 2 is 1.89 bits per heavy atom. The van der Waals surface area contributed by atoms with Crippen molar-refractivity contribution in [2.75, 3.05) is 18.0 Å². The fourth-order valence-corrected chi connectivity index (χ4v) is 3.42. The van der Waals surface area contributed by atoms with E-state index >= 15 is 0 Å². The Hall–Kier alpha value is -1.02. The van der Waals surface area contributed by atoms with Crippen molar-refractivity contribution in [1.82, 2.24) is 0 Å². The number of carbonyl (C=O) groups excluding carboxylic acids is 1. The molecule has 0 radical (unpaired) electrons. The maximum Gasteiger partial charge on any atom is 0.152 e. The van der Waals surface area contributed by atoms with Crippen molar-refractivity contribution in [3.8, 4) is 0 Å². The Morgan fingerprint density at radius 1 is 1.26 bits per heavy atom. The number of nitrogens with zero attached hydrogens (tertiary/aromatic N) is 1. The van der Waals surface area contributed by atoms with Gasteiger partial charge in [0.2, 0.25) is 0 Å². The van der Waals surface area contributed by atoms with Crippen LogP contribution in [0.1, 0.15) is 49.9 Å². The number of para-hydroxylation sites is 1. The third kappa shape index (κ3) is 2.79. The summed E-state index contributed by atoms with van der Waals surface area (Å²) in [5.74, 6) is 0. The largest absolute Gasteiger partial charge is 0.370 e. The van der Waals surface area contributed by atoms with Gasteiger partial charge >= 0.3 is 0 Å². The van der Waals surface area contributed by atoms with Gasteiger partial charge in [-0.05, 0) is 30.4 Å². The van der Waals surface area contributed by atoms with Crippen LogP contribution in [0.25, 0.3) is 0 Å². The third-order valence-corrected chi connectivity index (χ3v) is 5.09. The number of carbonyl (C=O) groups is 1. The lowest BCUT2D eigenvalue weighted by molar-refractivity contribution is 0.112. The first-order valence-corrected chi connectivity index (χ1v) is 7.52. The quantitative estimate of drug-likeness (QED) is 0.753. The Morgan fingerprint density at radius 3 is 2.42 bits per heavy atom. The van der Waals surface area contributed by atoms with Crippen molar-refractivity contribution in [3.05, 3.63) is 28.8 Å². The second-order valence-electron chi connectivity index (χ2n) is 5.49. The van der Waals surface area contributed by atoms with Crippen molar-refractivity contribution >= 4 is 23.6 Å². The van der Waals surface area contributed by atoms with Crippen LogP contribution >= 0.6 is 11.6 Å². The first-order chi connectivity index (χ1) is 9.15. The highest BCUT2D eigenvalue weighted by molar-refractivity contribution is 6.33. The van der Waals surface area contributed by atoms with E-state index in [1.807, 2.05) is 18.2 Å². The van der Waals surface area contributed by atoms with E-state index in [4.69, 9.17) is 11.6 Å². The number of hydrogen-bond acceptors (Lipinski definition) is 2. The van der Waals surface area contributed by atoms with E-state index in [0.29, 0.717) is 16.0 Å². The average molecular weight is 280 g/mol. The molecule has 0 unspecified atom stereocenters. The summed E-state index contributed by atoms with van der Waals surface area (Å²) in [4.78, 5) is 13.5. The van der Waals surface area contributed by atoms with Crippen LogP contribution in [-0.4, -0.2) is 19.4 Å². The summed E-state index contributed by atoms with van der Waals surface area (Å²) in [6.07, 6.45) is 5.75. The third-order valence-electron chi connectivity index (χ3n) is 4.79. The fourth-order valence-electron chi connectivity index (χ4n) is 3.12. The second-order valence-corrected chi connectivity index (χ2v) is 5.90. The van der Waals surface area contributed by atoms with Gasteiger partial charge in [-0.25, -0.2) is 0 Å². The highest BCUT2D eigenvalue weighted by atomic mass is 35.5. The van der Waals surface area contributed by atoms with Crippen LogP contribution in [0.2, 0.25) is 5.02 Å². The molecule has 2 nitrogen and oxygen atoms in total. The molecule has 1 aromatic carbocycles. The van der Waals surface area contributed by atoms with E-state index in [0.717, 1.165) is 25.1 Å². The summed E-state index contributed by atoms with van der Waals surface area (Å²) in [6.45, 7) is 6.55. The SMILES string of the molecule is CCC1(CC)CCN(c2c(Cl)cccc2C=O)CC1. The van der Waals surface area contributed by atoms with Crippen molar-refractivity contribution in [1.29, 1.82) is 0 Å². The van der Waals surface area contributed by atoms with Crippen molar-refractivity contribution < 1.29 is 4.79 Å². The standard InChI is InChI=1S/C16H22ClNO/c1-3-16(4-2)8-10-18(11-9-16)15-13(12-19)6-5-7-14(15)17/h5-7,12H,3-4,8-11H2,1-2H3. The number of rotatable bonds is 4. The van der Waals surface area contributed by atoms with Gasteiger partial charge in [0.15, 0.2) is 6.29 Å². The van der Waals surface area contributed by atoms with E-state index in [2.05, 4.69) is 18.7 Å². The van der Waals surface area contributed by atoms with Crippen LogP contribution in [0, 0.1) is 5.41 Å². The number of aldehydes is 1. The molecule has 0 saturated carbocycles. The predicted octanol–water partition coefficient (Wildman–Crippen LogP) is 4.56. The second kappa shape index (κ2) is 5.96. The molecule has 19 heavy (non-hydrogen) atoms. The molecule has 0 atom stereocenters. The van der Waals surface area contributed by atoms with E-state index in [-0.39, 0.29) is 0 Å². The van der Waals surface area contributed by atoms with Gasteiger partial charge in [-0.15, -0.1) is 0 Å². The van der Waals surface area contributed by atoms with Crippen molar-refractivity contribution in [3.63, 3.8) is 0 Å². The zero-order valence-corrected chi connectivity index (χ0v) is 12.5. The van der Waals surface area contributed by atoms with Gasteiger partial charge in [0, 0.05) is 18.7 Å². The fraction of sp³-hybridized carbons (Fsp3) is 0.562. The molecule has 104 valence electrons. The summed E-state index contributed by atoms with van der Waals surface area (Å²) in [6, 6.07) is 5.54. The topological polar surface area (TPSA) is 20.3 Å². The Kier molecular flexibility index (Phi) is 4.51. The number of halogens is 1. The van der Waals surface area contributed by atoms with E-state index in [9.17, 15) is 4.79 Å². The minimum atomic E-state index is 0.485. The number of anilines is 1. The predicted molar refractivity (Wildman–Crippen MR) is 81.3 cm³/mol. The van der Waals surface area contributed by atoms with Gasteiger partial charge in [-0.2, -0.15) is 0 Å². The molecule has 2 rings (SSSR count). The molecule has 1 heterocycles. The summed E-state index contributed by atoms with van der Waals surface area (Å²) in [5, 5.41) is 0.685. The molecule has 0 amide bonds. The van der Waals surface area contributed by atoms with Gasteiger partial charge in [-0.1, -0.05) is 44.4 Å². The zero-order chi connectivity index (χ0) is 13.9. The lowest BCUT2D eigenvalue weighted by Crippen LogP contribution is -2.40. The lowest BCUT2D eigenvalue weighted by atomic mass is 9.74. The van der Waals surface area contributed by atoms with Gasteiger partial charge in [0.05, 0.1) is 10.7 Å². The normalized spacial score (nSPS) is 18.4. The molecule has 1 aromatic rings. The molecule has 1 fully saturated rings. The Labute approximate surface area is 120 Å². The minimum absolute atomic E-state index is 0.485. The van der Waals surface area contributed by atoms with Gasteiger partial charge in [-0.3, -0.25) is 4.79 Å². The molecular formula is C16H22ClNO. The molecule has 0 aliphatic carbocycles. The van der Waals surface area contributed by atoms with Gasteiger partial charge in [0.1, 0.15) is 0 Å². The Bertz CT molecular complexity index is 444. The molecule has 1 saturated heterocycles. The summed E-state index contributed by atoms with van der Waals surface area (Å²) in [7, 11) is 0. The Balaban J connectivity index is 2.20. The number of piperidine rings is 1. The maximum atomic E-state index is 11.2. The number of benzene rings is 1. The summed E-state index contributed by atoms with van der Waals surface area (Å²) in [5.41, 5.74) is 2.10. The number of hydrogen-bond donors (Lipinski definition) is 0. The zero-order valence-electron chi connectivity index (χ0n) is 11.8. The van der Waals surface area contributed by atoms with Crippen molar-refractivity contribution in [2.45, 2.75) is 39.5 Å². The molecule has 1 aliphatic rings. The van der Waals surface area contributed by atoms with Crippen LogP contribution in [-0.2, 0) is 0 Å². The first kappa shape index (κ1) is 14.4. The average Bonchev–Trinajstić information content (AvgIpc) is 2.47. The molecule has 0 aromatic heterocycles. The van der Waals surface area contributed by atoms with E-state index in [1.54, 1.807) is 0 Å². The summed E-state index contributed by atoms with van der Waals surface area (Å²) >= 11 is 6.28. The molecule has 1 aliphatic heterocycles. The highest BCUT2D eigenvalue weighted by Gasteiger charge is 2.32. The van der Waals surface area contributed by atoms with Crippen molar-refractivity contribution in [2.24, 2.45) is 5.41 Å². The molecule has 0 N–H and O–H groups in total. The van der Waals surface area contributed by atoms with Crippen LogP contribution in [0.4, 0.5) is 5.69 Å². The highest BCUT2D eigenvalue weighted by Crippen LogP contribution is 2.41.